The quantitative estimate of drug-likeness (QED) is 0.302. The zero-order chi connectivity index (χ0) is 11.4. The van der Waals surface area contributed by atoms with Crippen LogP contribution in [0.2, 0.25) is 0 Å². The van der Waals surface area contributed by atoms with Crippen LogP contribution < -0.4 is 11.2 Å². The number of rotatable bonds is 4. The summed E-state index contributed by atoms with van der Waals surface area (Å²) in [5.74, 6) is -1.12. The molecule has 1 saturated carbocycles. The number of aliphatic carboxylic acids is 1. The maximum absolute atomic E-state index is 10.9. The average molecular weight is 214 g/mol. The highest BCUT2D eigenvalue weighted by atomic mass is 16.4. The molecule has 0 aromatic carbocycles. The molecule has 1 aliphatic rings. The minimum atomic E-state index is -0.907. The second-order valence-corrected chi connectivity index (χ2v) is 3.89. The summed E-state index contributed by atoms with van der Waals surface area (Å²) in [5, 5.41) is 17.7. The molecule has 0 aliphatic heterocycles. The first kappa shape index (κ1) is 11.8. The van der Waals surface area contributed by atoms with Crippen LogP contribution in [0.25, 0.3) is 0 Å². The minimum absolute atomic E-state index is 0.167. The SMILES string of the molecule is C[C@@H](C(=O)O)N(NC(=N)N)C1CCCC1. The van der Waals surface area contributed by atoms with Crippen LogP contribution in [0, 0.1) is 5.41 Å². The number of nitrogens with zero attached hydrogens (tertiary/aromatic N) is 1. The van der Waals surface area contributed by atoms with E-state index in [1.165, 1.54) is 0 Å². The van der Waals surface area contributed by atoms with Gasteiger partial charge in [0.05, 0.1) is 0 Å². The van der Waals surface area contributed by atoms with Gasteiger partial charge in [0.1, 0.15) is 6.04 Å². The third-order valence-electron chi connectivity index (χ3n) is 2.74. The van der Waals surface area contributed by atoms with Crippen molar-refractivity contribution in [3.8, 4) is 0 Å². The van der Waals surface area contributed by atoms with E-state index in [4.69, 9.17) is 16.2 Å². The molecule has 0 saturated heterocycles. The fourth-order valence-corrected chi connectivity index (χ4v) is 1.94. The number of hydrogen-bond acceptors (Lipinski definition) is 3. The van der Waals surface area contributed by atoms with Crippen molar-refractivity contribution in [1.29, 1.82) is 5.41 Å². The Kier molecular flexibility index (Phi) is 3.90. The first-order chi connectivity index (χ1) is 7.02. The van der Waals surface area contributed by atoms with Crippen LogP contribution in [0.15, 0.2) is 0 Å². The molecule has 0 aromatic rings. The van der Waals surface area contributed by atoms with Crippen molar-refractivity contribution >= 4 is 11.9 Å². The lowest BCUT2D eigenvalue weighted by Crippen LogP contribution is -2.56. The number of hydrazine groups is 1. The van der Waals surface area contributed by atoms with Gasteiger partial charge in [0.2, 0.25) is 5.96 Å². The number of hydrogen-bond donors (Lipinski definition) is 4. The average Bonchev–Trinajstić information content (AvgIpc) is 2.65. The van der Waals surface area contributed by atoms with Crippen molar-refractivity contribution in [2.45, 2.75) is 44.7 Å². The zero-order valence-corrected chi connectivity index (χ0v) is 8.86. The van der Waals surface area contributed by atoms with Gasteiger partial charge in [0.15, 0.2) is 0 Å². The number of carboxylic acid groups (broad SMARTS) is 1. The molecule has 15 heavy (non-hydrogen) atoms. The third-order valence-corrected chi connectivity index (χ3v) is 2.74. The second kappa shape index (κ2) is 4.97. The minimum Gasteiger partial charge on any atom is -0.480 e. The van der Waals surface area contributed by atoms with E-state index in [-0.39, 0.29) is 12.0 Å². The van der Waals surface area contributed by atoms with Gasteiger partial charge >= 0.3 is 5.97 Å². The van der Waals surface area contributed by atoms with Gasteiger partial charge in [0, 0.05) is 6.04 Å². The van der Waals surface area contributed by atoms with Gasteiger partial charge in [0.25, 0.3) is 0 Å². The predicted molar refractivity (Wildman–Crippen MR) is 56.2 cm³/mol. The highest BCUT2D eigenvalue weighted by Crippen LogP contribution is 2.23. The van der Waals surface area contributed by atoms with Crippen LogP contribution in [-0.4, -0.2) is 34.1 Å². The van der Waals surface area contributed by atoms with Crippen molar-refractivity contribution in [1.82, 2.24) is 10.4 Å². The molecule has 1 aliphatic carbocycles. The van der Waals surface area contributed by atoms with E-state index < -0.39 is 12.0 Å². The fourth-order valence-electron chi connectivity index (χ4n) is 1.94. The lowest BCUT2D eigenvalue weighted by atomic mass is 10.2. The molecule has 5 N–H and O–H groups in total. The second-order valence-electron chi connectivity index (χ2n) is 3.89. The van der Waals surface area contributed by atoms with Gasteiger partial charge in [-0.2, -0.15) is 0 Å². The van der Waals surface area contributed by atoms with Crippen molar-refractivity contribution < 1.29 is 9.90 Å². The van der Waals surface area contributed by atoms with Crippen LogP contribution >= 0.6 is 0 Å². The highest BCUT2D eigenvalue weighted by Gasteiger charge is 2.30. The van der Waals surface area contributed by atoms with Crippen molar-refractivity contribution in [2.75, 3.05) is 0 Å². The standard InChI is InChI=1S/C9H18N4O2/c1-6(8(14)15)13(12-9(10)11)7-4-2-3-5-7/h6-7H,2-5H2,1H3,(H,14,15)(H4,10,11,12)/t6-/m0/s1. The van der Waals surface area contributed by atoms with Crippen LogP contribution in [0.4, 0.5) is 0 Å². The van der Waals surface area contributed by atoms with E-state index in [2.05, 4.69) is 5.43 Å². The molecule has 0 spiro atoms. The number of guanidine groups is 1. The Morgan fingerprint density at radius 1 is 1.60 bits per heavy atom. The summed E-state index contributed by atoms with van der Waals surface area (Å²) >= 11 is 0. The van der Waals surface area contributed by atoms with Crippen LogP contribution in [-0.2, 0) is 4.79 Å². The monoisotopic (exact) mass is 214 g/mol. The van der Waals surface area contributed by atoms with Gasteiger partial charge < -0.3 is 10.8 Å². The number of carboxylic acids is 1. The summed E-state index contributed by atoms with van der Waals surface area (Å²) in [4.78, 5) is 10.9. The molecular formula is C9H18N4O2. The Bertz CT molecular complexity index is 250. The number of nitrogens with one attached hydrogen (secondary N) is 2. The molecule has 0 unspecified atom stereocenters. The number of nitrogens with two attached hydrogens (primary N) is 1. The molecule has 0 radical (unpaired) electrons. The molecule has 6 nitrogen and oxygen atoms in total. The van der Waals surface area contributed by atoms with E-state index in [0.717, 1.165) is 25.7 Å². The summed E-state index contributed by atoms with van der Waals surface area (Å²) < 4.78 is 0. The first-order valence-corrected chi connectivity index (χ1v) is 5.14. The summed E-state index contributed by atoms with van der Waals surface area (Å²) in [6.45, 7) is 1.59. The molecule has 0 bridgehead atoms. The lowest BCUT2D eigenvalue weighted by Gasteiger charge is -2.32. The smallest absolute Gasteiger partial charge is 0.322 e. The Balaban J connectivity index is 2.67. The van der Waals surface area contributed by atoms with Gasteiger partial charge in [-0.25, -0.2) is 5.01 Å². The molecule has 86 valence electrons. The molecule has 6 heteroatoms. The summed E-state index contributed by atoms with van der Waals surface area (Å²) in [5.41, 5.74) is 7.85. The fraction of sp³-hybridized carbons (Fsp3) is 0.778. The Labute approximate surface area is 88.9 Å². The predicted octanol–water partition coefficient (Wildman–Crippen LogP) is 0.102. The Morgan fingerprint density at radius 2 is 2.13 bits per heavy atom. The van der Waals surface area contributed by atoms with Crippen LogP contribution in [0.5, 0.6) is 0 Å². The van der Waals surface area contributed by atoms with Gasteiger partial charge in [-0.15, -0.1) is 0 Å². The molecular weight excluding hydrogens is 196 g/mol. The highest BCUT2D eigenvalue weighted by molar-refractivity contribution is 5.76. The molecule has 1 fully saturated rings. The van der Waals surface area contributed by atoms with E-state index in [0.29, 0.717) is 0 Å². The molecule has 0 amide bonds. The van der Waals surface area contributed by atoms with Crippen molar-refractivity contribution in [3.63, 3.8) is 0 Å². The number of carbonyl (C=O) groups is 1. The van der Waals surface area contributed by atoms with Crippen LogP contribution in [0.1, 0.15) is 32.6 Å². The molecule has 1 rings (SSSR count). The van der Waals surface area contributed by atoms with E-state index in [1.54, 1.807) is 11.9 Å². The van der Waals surface area contributed by atoms with Crippen molar-refractivity contribution in [3.05, 3.63) is 0 Å². The molecule has 0 heterocycles. The van der Waals surface area contributed by atoms with Gasteiger partial charge in [-0.05, 0) is 19.8 Å². The van der Waals surface area contributed by atoms with Gasteiger partial charge in [-0.1, -0.05) is 12.8 Å². The first-order valence-electron chi connectivity index (χ1n) is 5.14. The summed E-state index contributed by atoms with van der Waals surface area (Å²) in [7, 11) is 0. The Hall–Kier alpha value is -1.30. The maximum atomic E-state index is 10.9. The van der Waals surface area contributed by atoms with E-state index >= 15 is 0 Å². The Morgan fingerprint density at radius 3 is 2.53 bits per heavy atom. The topological polar surface area (TPSA) is 102 Å². The summed E-state index contributed by atoms with van der Waals surface area (Å²) in [6, 6.07) is -0.503. The van der Waals surface area contributed by atoms with E-state index in [1.807, 2.05) is 0 Å². The van der Waals surface area contributed by atoms with E-state index in [9.17, 15) is 4.79 Å². The lowest BCUT2D eigenvalue weighted by molar-refractivity contribution is -0.144. The largest absolute Gasteiger partial charge is 0.480 e. The van der Waals surface area contributed by atoms with Crippen molar-refractivity contribution in [2.24, 2.45) is 5.73 Å². The zero-order valence-electron chi connectivity index (χ0n) is 8.86. The maximum Gasteiger partial charge on any atom is 0.322 e. The van der Waals surface area contributed by atoms with Crippen LogP contribution in [0.3, 0.4) is 0 Å². The normalized spacial score (nSPS) is 19.1. The third kappa shape index (κ3) is 3.09. The molecule has 0 aromatic heterocycles. The van der Waals surface area contributed by atoms with Gasteiger partial charge in [-0.3, -0.25) is 15.6 Å². The summed E-state index contributed by atoms with van der Waals surface area (Å²) in [6.07, 6.45) is 4.12. The molecule has 1 atom stereocenters.